The highest BCUT2D eigenvalue weighted by atomic mass is 32.1. The van der Waals surface area contributed by atoms with Crippen LogP contribution in [0.1, 0.15) is 10.4 Å². The Balaban J connectivity index is 1.12. The minimum absolute atomic E-state index is 0.195. The van der Waals surface area contributed by atoms with Crippen LogP contribution in [-0.2, 0) is 17.8 Å². The average Bonchev–Trinajstić information content (AvgIpc) is 3.31. The summed E-state index contributed by atoms with van der Waals surface area (Å²) in [6, 6.07) is 19.3. The van der Waals surface area contributed by atoms with Crippen molar-refractivity contribution in [2.75, 3.05) is 70.9 Å². The first-order valence-corrected chi connectivity index (χ1v) is 13.1. The van der Waals surface area contributed by atoms with Gasteiger partial charge in [-0.25, -0.2) is 4.79 Å². The molecule has 0 saturated carbocycles. The van der Waals surface area contributed by atoms with Crippen molar-refractivity contribution in [3.05, 3.63) is 65.0 Å². The molecule has 180 valence electrons. The standard InChI is InChI=1S/C27H34N4O2S/c1-28-12-16-30(17-13-28)25-8-5-9-26-24(25)20-23(34-26)21-33-27(32)31-18-14-29(15-19-31)11-10-22-6-3-2-4-7-22/h2-9,20H,10-19,21H2,1H3. The minimum atomic E-state index is -0.195. The Hall–Kier alpha value is -2.61. The van der Waals surface area contributed by atoms with Crippen LogP contribution < -0.4 is 4.90 Å². The van der Waals surface area contributed by atoms with Gasteiger partial charge in [0.05, 0.1) is 0 Å². The number of hydrogen-bond donors (Lipinski definition) is 0. The molecule has 3 aromatic rings. The van der Waals surface area contributed by atoms with Crippen molar-refractivity contribution in [1.82, 2.24) is 14.7 Å². The molecule has 2 aliphatic heterocycles. The van der Waals surface area contributed by atoms with Crippen LogP contribution in [0.3, 0.4) is 0 Å². The highest BCUT2D eigenvalue weighted by Crippen LogP contribution is 2.34. The number of thiophene rings is 1. The zero-order valence-electron chi connectivity index (χ0n) is 20.0. The molecule has 0 spiro atoms. The van der Waals surface area contributed by atoms with E-state index in [4.69, 9.17) is 4.74 Å². The number of anilines is 1. The van der Waals surface area contributed by atoms with Gasteiger partial charge in [-0.1, -0.05) is 36.4 Å². The van der Waals surface area contributed by atoms with Crippen LogP contribution in [0.4, 0.5) is 10.5 Å². The topological polar surface area (TPSA) is 39.3 Å². The van der Waals surface area contributed by atoms with E-state index in [1.807, 2.05) is 4.90 Å². The molecule has 5 rings (SSSR count). The fourth-order valence-corrected chi connectivity index (χ4v) is 5.80. The Bertz CT molecular complexity index is 1090. The van der Waals surface area contributed by atoms with Gasteiger partial charge < -0.3 is 19.4 Å². The van der Waals surface area contributed by atoms with Gasteiger partial charge in [-0.2, -0.15) is 0 Å². The molecule has 7 heteroatoms. The molecule has 2 aliphatic rings. The molecule has 0 unspecified atom stereocenters. The first kappa shape index (κ1) is 23.1. The lowest BCUT2D eigenvalue weighted by Gasteiger charge is -2.34. The van der Waals surface area contributed by atoms with E-state index in [2.05, 4.69) is 76.3 Å². The Morgan fingerprint density at radius 1 is 0.912 bits per heavy atom. The molecule has 0 atom stereocenters. The number of amides is 1. The van der Waals surface area contributed by atoms with E-state index in [1.165, 1.54) is 21.3 Å². The number of nitrogens with zero attached hydrogens (tertiary/aromatic N) is 4. The van der Waals surface area contributed by atoms with Crippen molar-refractivity contribution in [1.29, 1.82) is 0 Å². The summed E-state index contributed by atoms with van der Waals surface area (Å²) in [5.74, 6) is 0. The molecular formula is C27H34N4O2S. The molecule has 2 aromatic carbocycles. The van der Waals surface area contributed by atoms with E-state index >= 15 is 0 Å². The van der Waals surface area contributed by atoms with Gasteiger partial charge in [-0.3, -0.25) is 4.90 Å². The first-order chi connectivity index (χ1) is 16.7. The smallest absolute Gasteiger partial charge is 0.410 e. The summed E-state index contributed by atoms with van der Waals surface area (Å²) in [6.07, 6.45) is 0.854. The van der Waals surface area contributed by atoms with E-state index in [0.29, 0.717) is 6.61 Å². The average molecular weight is 479 g/mol. The second kappa shape index (κ2) is 10.8. The second-order valence-corrected chi connectivity index (χ2v) is 10.5. The van der Waals surface area contributed by atoms with Crippen molar-refractivity contribution in [2.24, 2.45) is 0 Å². The Labute approximate surface area is 206 Å². The maximum absolute atomic E-state index is 12.7. The van der Waals surface area contributed by atoms with Crippen LogP contribution in [0.2, 0.25) is 0 Å². The van der Waals surface area contributed by atoms with Crippen molar-refractivity contribution in [3.63, 3.8) is 0 Å². The van der Waals surface area contributed by atoms with Crippen LogP contribution in [0.25, 0.3) is 10.1 Å². The third-order valence-corrected chi connectivity index (χ3v) is 8.04. The maximum Gasteiger partial charge on any atom is 0.410 e. The molecule has 2 saturated heterocycles. The fourth-order valence-electron chi connectivity index (χ4n) is 4.80. The van der Waals surface area contributed by atoms with Crippen molar-refractivity contribution < 1.29 is 9.53 Å². The highest BCUT2D eigenvalue weighted by molar-refractivity contribution is 7.19. The quantitative estimate of drug-likeness (QED) is 0.532. The van der Waals surface area contributed by atoms with Gasteiger partial charge in [0.25, 0.3) is 0 Å². The van der Waals surface area contributed by atoms with Crippen LogP contribution in [0, 0.1) is 0 Å². The van der Waals surface area contributed by atoms with E-state index < -0.39 is 0 Å². The van der Waals surface area contributed by atoms with Crippen molar-refractivity contribution >= 4 is 33.2 Å². The Morgan fingerprint density at radius 3 is 2.44 bits per heavy atom. The summed E-state index contributed by atoms with van der Waals surface area (Å²) < 4.78 is 6.98. The minimum Gasteiger partial charge on any atom is -0.444 e. The van der Waals surface area contributed by atoms with Crippen molar-refractivity contribution in [2.45, 2.75) is 13.0 Å². The highest BCUT2D eigenvalue weighted by Gasteiger charge is 2.23. The van der Waals surface area contributed by atoms with Crippen LogP contribution in [0.15, 0.2) is 54.6 Å². The summed E-state index contributed by atoms with van der Waals surface area (Å²) >= 11 is 1.73. The maximum atomic E-state index is 12.7. The second-order valence-electron chi connectivity index (χ2n) is 9.31. The van der Waals surface area contributed by atoms with E-state index in [1.54, 1.807) is 11.3 Å². The number of ether oxygens (including phenoxy) is 1. The van der Waals surface area contributed by atoms with Crippen LogP contribution >= 0.6 is 11.3 Å². The molecule has 0 N–H and O–H groups in total. The third kappa shape index (κ3) is 5.54. The van der Waals surface area contributed by atoms with Gasteiger partial charge in [0.15, 0.2) is 0 Å². The molecule has 34 heavy (non-hydrogen) atoms. The number of piperazine rings is 2. The number of benzene rings is 2. The van der Waals surface area contributed by atoms with Gasteiger partial charge in [-0.05, 0) is 37.2 Å². The zero-order valence-corrected chi connectivity index (χ0v) is 20.8. The molecule has 0 bridgehead atoms. The molecule has 0 radical (unpaired) electrons. The number of fused-ring (bicyclic) bond motifs is 1. The number of rotatable bonds is 6. The van der Waals surface area contributed by atoms with Gasteiger partial charge in [-0.15, -0.1) is 11.3 Å². The van der Waals surface area contributed by atoms with Gasteiger partial charge in [0.1, 0.15) is 6.61 Å². The first-order valence-electron chi connectivity index (χ1n) is 12.3. The zero-order chi connectivity index (χ0) is 23.3. The normalized spacial score (nSPS) is 17.9. The number of hydrogen-bond acceptors (Lipinski definition) is 6. The molecule has 3 heterocycles. The van der Waals surface area contributed by atoms with Gasteiger partial charge in [0, 0.05) is 79.6 Å². The fraction of sp³-hybridized carbons (Fsp3) is 0.444. The molecule has 2 fully saturated rings. The predicted molar refractivity (Wildman–Crippen MR) is 140 cm³/mol. The molecule has 1 amide bonds. The van der Waals surface area contributed by atoms with Crippen molar-refractivity contribution in [3.8, 4) is 0 Å². The third-order valence-electron chi connectivity index (χ3n) is 6.96. The predicted octanol–water partition coefficient (Wildman–Crippen LogP) is 4.15. The lowest BCUT2D eigenvalue weighted by Crippen LogP contribution is -2.49. The lowest BCUT2D eigenvalue weighted by atomic mass is 10.1. The number of carbonyl (C=O) groups is 1. The van der Waals surface area contributed by atoms with E-state index in [9.17, 15) is 4.79 Å². The summed E-state index contributed by atoms with van der Waals surface area (Å²) in [5.41, 5.74) is 2.66. The van der Waals surface area contributed by atoms with E-state index in [0.717, 1.165) is 70.2 Å². The largest absolute Gasteiger partial charge is 0.444 e. The molecule has 6 nitrogen and oxygen atoms in total. The summed E-state index contributed by atoms with van der Waals surface area (Å²) in [5, 5.41) is 1.27. The summed E-state index contributed by atoms with van der Waals surface area (Å²) in [6.45, 7) is 8.91. The Kier molecular flexibility index (Phi) is 7.33. The SMILES string of the molecule is CN1CCN(c2cccc3sc(COC(=O)N4CCN(CCc5ccccc5)CC4)cc23)CC1. The lowest BCUT2D eigenvalue weighted by molar-refractivity contribution is 0.0726. The summed E-state index contributed by atoms with van der Waals surface area (Å²) in [4.78, 5) is 22.9. The monoisotopic (exact) mass is 478 g/mol. The molecular weight excluding hydrogens is 444 g/mol. The van der Waals surface area contributed by atoms with E-state index in [-0.39, 0.29) is 6.09 Å². The number of likely N-dealkylation sites (N-methyl/N-ethyl adjacent to an activating group) is 1. The van der Waals surface area contributed by atoms with Gasteiger partial charge >= 0.3 is 6.09 Å². The van der Waals surface area contributed by atoms with Gasteiger partial charge in [0.2, 0.25) is 0 Å². The number of carbonyl (C=O) groups excluding carboxylic acids is 1. The van der Waals surface area contributed by atoms with Crippen LogP contribution in [-0.4, -0.2) is 86.7 Å². The van der Waals surface area contributed by atoms with Crippen LogP contribution in [0.5, 0.6) is 0 Å². The molecule has 0 aliphatic carbocycles. The summed E-state index contributed by atoms with van der Waals surface area (Å²) in [7, 11) is 2.18. The Morgan fingerprint density at radius 2 is 1.68 bits per heavy atom. The molecule has 1 aromatic heterocycles.